The van der Waals surface area contributed by atoms with Crippen LogP contribution in [0.25, 0.3) is 11.1 Å². The minimum atomic E-state index is 0.143. The molecular formula is C25H25N3O. The fourth-order valence-corrected chi connectivity index (χ4v) is 4.75. The highest BCUT2D eigenvalue weighted by Crippen LogP contribution is 2.32. The smallest absolute Gasteiger partial charge is 0.253 e. The number of hydrogen-bond acceptors (Lipinski definition) is 3. The lowest BCUT2D eigenvalue weighted by Crippen LogP contribution is -2.33. The average Bonchev–Trinajstić information content (AvgIpc) is 3.34. The van der Waals surface area contributed by atoms with E-state index in [9.17, 15) is 4.79 Å². The van der Waals surface area contributed by atoms with Crippen molar-refractivity contribution in [3.8, 4) is 11.1 Å². The predicted molar refractivity (Wildman–Crippen MR) is 114 cm³/mol. The zero-order chi connectivity index (χ0) is 19.6. The maximum Gasteiger partial charge on any atom is 0.253 e. The van der Waals surface area contributed by atoms with Gasteiger partial charge in [0.15, 0.2) is 0 Å². The Morgan fingerprint density at radius 3 is 2.07 bits per heavy atom. The molecule has 1 amide bonds. The summed E-state index contributed by atoms with van der Waals surface area (Å²) in [7, 11) is 0. The van der Waals surface area contributed by atoms with Crippen LogP contribution in [0.3, 0.4) is 0 Å². The Morgan fingerprint density at radius 2 is 1.41 bits per heavy atom. The molecule has 2 fully saturated rings. The molecule has 2 aliphatic rings. The summed E-state index contributed by atoms with van der Waals surface area (Å²) in [6.07, 6.45) is 3.38. The van der Waals surface area contributed by atoms with E-state index in [0.717, 1.165) is 38.3 Å². The molecule has 0 spiro atoms. The number of carbonyl (C=O) groups is 1. The van der Waals surface area contributed by atoms with Crippen LogP contribution < -0.4 is 0 Å². The highest BCUT2D eigenvalue weighted by atomic mass is 16.2. The first-order valence-electron chi connectivity index (χ1n) is 10.3. The minimum absolute atomic E-state index is 0.143. The fourth-order valence-electron chi connectivity index (χ4n) is 4.75. The van der Waals surface area contributed by atoms with Gasteiger partial charge < -0.3 is 4.90 Å². The van der Waals surface area contributed by atoms with E-state index in [4.69, 9.17) is 0 Å². The predicted octanol–water partition coefficient (Wildman–Crippen LogP) is 3.95. The Labute approximate surface area is 171 Å². The third-order valence-electron chi connectivity index (χ3n) is 6.24. The summed E-state index contributed by atoms with van der Waals surface area (Å²) in [6, 6.07) is 23.0. The lowest BCUT2D eigenvalue weighted by Gasteiger charge is -2.22. The van der Waals surface area contributed by atoms with E-state index < -0.39 is 0 Å². The molecule has 0 N–H and O–H groups in total. The van der Waals surface area contributed by atoms with Crippen molar-refractivity contribution in [1.82, 2.24) is 14.8 Å². The van der Waals surface area contributed by atoms with E-state index in [2.05, 4.69) is 58.4 Å². The summed E-state index contributed by atoms with van der Waals surface area (Å²) in [5, 5.41) is 0. The van der Waals surface area contributed by atoms with E-state index in [0.29, 0.717) is 11.8 Å². The van der Waals surface area contributed by atoms with E-state index >= 15 is 0 Å². The third-order valence-corrected chi connectivity index (χ3v) is 6.24. The number of fused-ring (bicyclic) bond motifs is 1. The van der Waals surface area contributed by atoms with Crippen molar-refractivity contribution < 1.29 is 4.79 Å². The molecule has 2 saturated heterocycles. The van der Waals surface area contributed by atoms with E-state index in [1.54, 1.807) is 12.4 Å². The zero-order valence-corrected chi connectivity index (χ0v) is 16.4. The van der Waals surface area contributed by atoms with Crippen molar-refractivity contribution in [3.05, 3.63) is 90.3 Å². The topological polar surface area (TPSA) is 36.4 Å². The van der Waals surface area contributed by atoms with Gasteiger partial charge in [-0.05, 0) is 40.7 Å². The SMILES string of the molecule is O=C(c1ccncc1)N1C[C@H]2CN(Cc3ccc(-c4ccccc4)cc3)C[C@@H]2C1. The highest BCUT2D eigenvalue weighted by Gasteiger charge is 2.41. The molecule has 1 aromatic heterocycles. The fraction of sp³-hybridized carbons (Fsp3) is 0.280. The van der Waals surface area contributed by atoms with Crippen LogP contribution in [-0.2, 0) is 6.54 Å². The molecular weight excluding hydrogens is 358 g/mol. The van der Waals surface area contributed by atoms with Crippen LogP contribution in [0.2, 0.25) is 0 Å². The van der Waals surface area contributed by atoms with Crippen molar-refractivity contribution in [2.24, 2.45) is 11.8 Å². The van der Waals surface area contributed by atoms with Crippen LogP contribution in [0.5, 0.6) is 0 Å². The molecule has 0 bridgehead atoms. The summed E-state index contributed by atoms with van der Waals surface area (Å²) in [4.78, 5) is 21.3. The maximum atomic E-state index is 12.7. The van der Waals surface area contributed by atoms with Crippen LogP contribution in [0.4, 0.5) is 0 Å². The maximum absolute atomic E-state index is 12.7. The molecule has 4 heteroatoms. The molecule has 146 valence electrons. The number of hydrogen-bond donors (Lipinski definition) is 0. The van der Waals surface area contributed by atoms with Crippen molar-refractivity contribution >= 4 is 5.91 Å². The van der Waals surface area contributed by atoms with Crippen LogP contribution in [0.1, 0.15) is 15.9 Å². The van der Waals surface area contributed by atoms with Gasteiger partial charge in [0.25, 0.3) is 5.91 Å². The highest BCUT2D eigenvalue weighted by molar-refractivity contribution is 5.94. The first kappa shape index (κ1) is 18.1. The summed E-state index contributed by atoms with van der Waals surface area (Å²) in [5.74, 6) is 1.32. The van der Waals surface area contributed by atoms with Crippen LogP contribution in [0, 0.1) is 11.8 Å². The summed E-state index contributed by atoms with van der Waals surface area (Å²) < 4.78 is 0. The van der Waals surface area contributed by atoms with Gasteiger partial charge in [0.05, 0.1) is 0 Å². The monoisotopic (exact) mass is 383 g/mol. The molecule has 2 aromatic carbocycles. The molecule has 29 heavy (non-hydrogen) atoms. The second-order valence-corrected chi connectivity index (χ2v) is 8.22. The third kappa shape index (κ3) is 3.81. The molecule has 2 atom stereocenters. The van der Waals surface area contributed by atoms with Gasteiger partial charge in [0, 0.05) is 50.7 Å². The Bertz CT molecular complexity index is 958. The lowest BCUT2D eigenvalue weighted by molar-refractivity contribution is 0.0773. The number of amides is 1. The van der Waals surface area contributed by atoms with Gasteiger partial charge in [0.2, 0.25) is 0 Å². The zero-order valence-electron chi connectivity index (χ0n) is 16.4. The minimum Gasteiger partial charge on any atom is -0.338 e. The summed E-state index contributed by atoms with van der Waals surface area (Å²) >= 11 is 0. The standard InChI is InChI=1S/C25H25N3O/c29-25(22-10-12-26-13-11-22)28-17-23-15-27(16-24(23)18-28)14-19-6-8-21(9-7-19)20-4-2-1-3-5-20/h1-13,23-24H,14-18H2/t23-,24-/m1/s1. The average molecular weight is 383 g/mol. The number of pyridine rings is 1. The van der Waals surface area contributed by atoms with Crippen molar-refractivity contribution in [2.45, 2.75) is 6.54 Å². The quantitative estimate of drug-likeness (QED) is 0.684. The van der Waals surface area contributed by atoms with Gasteiger partial charge in [0.1, 0.15) is 0 Å². The second-order valence-electron chi connectivity index (χ2n) is 8.22. The van der Waals surface area contributed by atoms with E-state index in [-0.39, 0.29) is 5.91 Å². The molecule has 0 saturated carbocycles. The molecule has 0 unspecified atom stereocenters. The first-order chi connectivity index (χ1) is 14.3. The number of carbonyl (C=O) groups excluding carboxylic acids is 1. The van der Waals surface area contributed by atoms with Gasteiger partial charge >= 0.3 is 0 Å². The van der Waals surface area contributed by atoms with Crippen LogP contribution in [0.15, 0.2) is 79.1 Å². The second kappa shape index (κ2) is 7.80. The number of nitrogens with zero attached hydrogens (tertiary/aromatic N) is 3. The Balaban J connectivity index is 1.18. The summed E-state index contributed by atoms with van der Waals surface area (Å²) in [6.45, 7) is 4.88. The first-order valence-corrected chi connectivity index (χ1v) is 10.3. The number of benzene rings is 2. The van der Waals surface area contributed by atoms with Crippen molar-refractivity contribution in [2.75, 3.05) is 26.2 Å². The Hall–Kier alpha value is -2.98. The van der Waals surface area contributed by atoms with Gasteiger partial charge in [-0.15, -0.1) is 0 Å². The lowest BCUT2D eigenvalue weighted by atomic mass is 10.0. The molecule has 3 heterocycles. The van der Waals surface area contributed by atoms with E-state index in [1.807, 2.05) is 23.1 Å². The molecule has 3 aromatic rings. The van der Waals surface area contributed by atoms with Crippen LogP contribution in [-0.4, -0.2) is 46.9 Å². The molecule has 4 nitrogen and oxygen atoms in total. The van der Waals surface area contributed by atoms with Gasteiger partial charge in [-0.25, -0.2) is 0 Å². The van der Waals surface area contributed by atoms with Gasteiger partial charge in [-0.2, -0.15) is 0 Å². The van der Waals surface area contributed by atoms with E-state index in [1.165, 1.54) is 16.7 Å². The normalized spacial score (nSPS) is 21.3. The van der Waals surface area contributed by atoms with Gasteiger partial charge in [-0.3, -0.25) is 14.7 Å². The molecule has 0 radical (unpaired) electrons. The molecule has 2 aliphatic heterocycles. The number of aromatic nitrogens is 1. The number of likely N-dealkylation sites (tertiary alicyclic amines) is 2. The van der Waals surface area contributed by atoms with Crippen molar-refractivity contribution in [3.63, 3.8) is 0 Å². The van der Waals surface area contributed by atoms with Gasteiger partial charge in [-0.1, -0.05) is 54.6 Å². The molecule has 5 rings (SSSR count). The Morgan fingerprint density at radius 1 is 0.793 bits per heavy atom. The number of rotatable bonds is 4. The largest absolute Gasteiger partial charge is 0.338 e. The molecule has 0 aliphatic carbocycles. The van der Waals surface area contributed by atoms with Crippen molar-refractivity contribution in [1.29, 1.82) is 0 Å². The summed E-state index contributed by atoms with van der Waals surface area (Å²) in [5.41, 5.74) is 4.62. The van der Waals surface area contributed by atoms with Crippen LogP contribution >= 0.6 is 0 Å². The Kier molecular flexibility index (Phi) is 4.86.